The standard InChI is InChI=1S/C19H27NO3/c1-18-7-5-12(21)9-11(18)10-16(23)20-17-13-3-4-15(22)19(13,2)8-6-14(17)18/h10,12-14,17,21H,3-9H2,1-2H3,(H,20,23)/t12-,13-,14-,17-,18-,19-/m0/s1. The highest BCUT2D eigenvalue weighted by Gasteiger charge is 2.58. The van der Waals surface area contributed by atoms with Crippen LogP contribution < -0.4 is 5.32 Å². The van der Waals surface area contributed by atoms with Crippen LogP contribution in [0.2, 0.25) is 0 Å². The molecule has 0 spiro atoms. The van der Waals surface area contributed by atoms with E-state index < -0.39 is 0 Å². The quantitative estimate of drug-likeness (QED) is 0.721. The van der Waals surface area contributed by atoms with Crippen molar-refractivity contribution in [2.75, 3.05) is 0 Å². The monoisotopic (exact) mass is 317 g/mol. The first-order chi connectivity index (χ1) is 10.8. The van der Waals surface area contributed by atoms with Gasteiger partial charge in [0, 0.05) is 24.0 Å². The number of carbonyl (C=O) groups excluding carboxylic acids is 2. The smallest absolute Gasteiger partial charge is 0.244 e. The Hall–Kier alpha value is -1.16. The maximum atomic E-state index is 12.5. The van der Waals surface area contributed by atoms with Crippen molar-refractivity contribution in [2.45, 2.75) is 70.9 Å². The third-order valence-electron chi connectivity index (χ3n) is 7.60. The molecule has 4 aliphatic rings. The SMILES string of the molecule is C[C@]12CC[C@H](O)CC1=CC(=O)N[C@@H]1[C@@H]2CC[C@]2(C)C(=O)CC[C@@H]12. The van der Waals surface area contributed by atoms with Crippen LogP contribution in [0.5, 0.6) is 0 Å². The van der Waals surface area contributed by atoms with Gasteiger partial charge >= 0.3 is 0 Å². The summed E-state index contributed by atoms with van der Waals surface area (Å²) in [5.41, 5.74) is 0.855. The summed E-state index contributed by atoms with van der Waals surface area (Å²) in [4.78, 5) is 24.9. The molecule has 3 saturated carbocycles. The summed E-state index contributed by atoms with van der Waals surface area (Å²) in [6, 6.07) is 0.0988. The van der Waals surface area contributed by atoms with Gasteiger partial charge in [-0.1, -0.05) is 19.4 Å². The van der Waals surface area contributed by atoms with Crippen molar-refractivity contribution in [1.29, 1.82) is 0 Å². The Morgan fingerprint density at radius 1 is 1.09 bits per heavy atom. The Morgan fingerprint density at radius 3 is 2.57 bits per heavy atom. The van der Waals surface area contributed by atoms with Gasteiger partial charge in [-0.25, -0.2) is 0 Å². The van der Waals surface area contributed by atoms with Gasteiger partial charge in [-0.05, 0) is 55.8 Å². The molecule has 1 aliphatic heterocycles. The number of hydrogen-bond acceptors (Lipinski definition) is 3. The summed E-state index contributed by atoms with van der Waals surface area (Å²) >= 11 is 0. The number of aliphatic hydroxyl groups is 1. The van der Waals surface area contributed by atoms with Crippen molar-refractivity contribution in [1.82, 2.24) is 5.32 Å². The van der Waals surface area contributed by atoms with Crippen molar-refractivity contribution in [2.24, 2.45) is 22.7 Å². The number of Topliss-reactive ketones (excluding diaryl/α,β-unsaturated/α-hetero) is 1. The number of carbonyl (C=O) groups is 2. The van der Waals surface area contributed by atoms with Crippen molar-refractivity contribution in [3.8, 4) is 0 Å². The van der Waals surface area contributed by atoms with Crippen LogP contribution in [0.3, 0.4) is 0 Å². The Bertz CT molecular complexity index is 597. The minimum absolute atomic E-state index is 0.0178. The molecule has 1 heterocycles. The van der Waals surface area contributed by atoms with E-state index in [1.807, 2.05) is 0 Å². The summed E-state index contributed by atoms with van der Waals surface area (Å²) in [6.45, 7) is 4.39. The van der Waals surface area contributed by atoms with Crippen molar-refractivity contribution < 1.29 is 14.7 Å². The fraction of sp³-hybridized carbons (Fsp3) is 0.789. The van der Waals surface area contributed by atoms with E-state index in [0.717, 1.165) is 37.7 Å². The molecule has 4 heteroatoms. The molecule has 1 amide bonds. The minimum Gasteiger partial charge on any atom is -0.393 e. The minimum atomic E-state index is -0.319. The lowest BCUT2D eigenvalue weighted by atomic mass is 9.53. The van der Waals surface area contributed by atoms with Gasteiger partial charge in [-0.3, -0.25) is 9.59 Å². The van der Waals surface area contributed by atoms with Gasteiger partial charge in [0.2, 0.25) is 5.91 Å². The molecular weight excluding hydrogens is 290 g/mol. The third kappa shape index (κ3) is 2.07. The topological polar surface area (TPSA) is 66.4 Å². The molecule has 6 atom stereocenters. The Kier molecular flexibility index (Phi) is 3.29. The number of nitrogens with one attached hydrogen (secondary N) is 1. The van der Waals surface area contributed by atoms with Crippen molar-refractivity contribution >= 4 is 11.7 Å². The Labute approximate surface area is 137 Å². The molecule has 23 heavy (non-hydrogen) atoms. The van der Waals surface area contributed by atoms with Crippen LogP contribution in [0.4, 0.5) is 0 Å². The second kappa shape index (κ2) is 4.92. The summed E-state index contributed by atoms with van der Waals surface area (Å²) < 4.78 is 0. The lowest BCUT2D eigenvalue weighted by Gasteiger charge is -2.53. The zero-order chi connectivity index (χ0) is 16.4. The first kappa shape index (κ1) is 15.4. The van der Waals surface area contributed by atoms with Crippen LogP contribution in [-0.2, 0) is 9.59 Å². The number of fused-ring (bicyclic) bond motifs is 5. The molecule has 0 aromatic carbocycles. The molecule has 126 valence electrons. The van der Waals surface area contributed by atoms with Gasteiger partial charge in [0.05, 0.1) is 6.10 Å². The largest absolute Gasteiger partial charge is 0.393 e. The number of rotatable bonds is 0. The lowest BCUT2D eigenvalue weighted by molar-refractivity contribution is -0.131. The number of hydrogen-bond donors (Lipinski definition) is 2. The molecule has 3 fully saturated rings. The van der Waals surface area contributed by atoms with E-state index in [9.17, 15) is 14.7 Å². The van der Waals surface area contributed by atoms with E-state index in [-0.39, 0.29) is 34.8 Å². The first-order valence-electron chi connectivity index (χ1n) is 9.07. The van der Waals surface area contributed by atoms with Crippen molar-refractivity contribution in [3.63, 3.8) is 0 Å². The zero-order valence-electron chi connectivity index (χ0n) is 14.1. The predicted molar refractivity (Wildman–Crippen MR) is 86.5 cm³/mol. The number of amides is 1. The van der Waals surface area contributed by atoms with Gasteiger partial charge in [0.25, 0.3) is 0 Å². The van der Waals surface area contributed by atoms with E-state index in [2.05, 4.69) is 19.2 Å². The highest BCUT2D eigenvalue weighted by molar-refractivity contribution is 5.90. The second-order valence-electron chi connectivity index (χ2n) is 8.65. The highest BCUT2D eigenvalue weighted by atomic mass is 16.3. The normalized spacial score (nSPS) is 49.4. The van der Waals surface area contributed by atoms with Crippen LogP contribution in [0.1, 0.15) is 58.8 Å². The number of ketones is 1. The molecule has 0 bridgehead atoms. The number of aliphatic hydroxyl groups excluding tert-OH is 1. The highest BCUT2D eigenvalue weighted by Crippen LogP contribution is 2.59. The molecular formula is C19H27NO3. The molecule has 4 nitrogen and oxygen atoms in total. The zero-order valence-corrected chi connectivity index (χ0v) is 14.1. The Morgan fingerprint density at radius 2 is 1.78 bits per heavy atom. The van der Waals surface area contributed by atoms with E-state index >= 15 is 0 Å². The maximum absolute atomic E-state index is 12.5. The van der Waals surface area contributed by atoms with Crippen LogP contribution >= 0.6 is 0 Å². The first-order valence-corrected chi connectivity index (χ1v) is 9.07. The molecule has 0 unspecified atom stereocenters. The average Bonchev–Trinajstić information content (AvgIpc) is 2.73. The van der Waals surface area contributed by atoms with Crippen LogP contribution in [0, 0.1) is 22.7 Å². The molecule has 0 radical (unpaired) electrons. The van der Waals surface area contributed by atoms with E-state index in [4.69, 9.17) is 0 Å². The van der Waals surface area contributed by atoms with Crippen LogP contribution in [0.25, 0.3) is 0 Å². The van der Waals surface area contributed by atoms with E-state index in [0.29, 0.717) is 24.5 Å². The fourth-order valence-corrected chi connectivity index (χ4v) is 6.06. The molecule has 0 saturated heterocycles. The van der Waals surface area contributed by atoms with Gasteiger partial charge in [0.15, 0.2) is 0 Å². The third-order valence-corrected chi connectivity index (χ3v) is 7.60. The summed E-state index contributed by atoms with van der Waals surface area (Å²) in [7, 11) is 0. The second-order valence-corrected chi connectivity index (χ2v) is 8.65. The van der Waals surface area contributed by atoms with Gasteiger partial charge in [-0.15, -0.1) is 0 Å². The van der Waals surface area contributed by atoms with Gasteiger partial charge < -0.3 is 10.4 Å². The van der Waals surface area contributed by atoms with Crippen molar-refractivity contribution in [3.05, 3.63) is 11.6 Å². The summed E-state index contributed by atoms with van der Waals surface area (Å²) in [6.07, 6.45) is 7.30. The lowest BCUT2D eigenvalue weighted by Crippen LogP contribution is -2.56. The Balaban J connectivity index is 1.74. The summed E-state index contributed by atoms with van der Waals surface area (Å²) in [5.74, 6) is 1.01. The predicted octanol–water partition coefficient (Wildman–Crippen LogP) is 2.36. The molecule has 2 N–H and O–H groups in total. The van der Waals surface area contributed by atoms with Crippen LogP contribution in [0.15, 0.2) is 11.6 Å². The molecule has 0 aromatic rings. The summed E-state index contributed by atoms with van der Waals surface area (Å²) in [5, 5.41) is 13.3. The van der Waals surface area contributed by atoms with Crippen LogP contribution in [-0.4, -0.2) is 28.9 Å². The maximum Gasteiger partial charge on any atom is 0.244 e. The fourth-order valence-electron chi connectivity index (χ4n) is 6.06. The van der Waals surface area contributed by atoms with Gasteiger partial charge in [-0.2, -0.15) is 0 Å². The molecule has 0 aromatic heterocycles. The average molecular weight is 317 g/mol. The van der Waals surface area contributed by atoms with E-state index in [1.54, 1.807) is 6.08 Å². The van der Waals surface area contributed by atoms with E-state index in [1.165, 1.54) is 0 Å². The molecule has 3 aliphatic carbocycles. The van der Waals surface area contributed by atoms with Gasteiger partial charge in [0.1, 0.15) is 5.78 Å². The molecule has 4 rings (SSSR count).